The second kappa shape index (κ2) is 8.03. The van der Waals surface area contributed by atoms with Crippen LogP contribution >= 0.6 is 0 Å². The molecule has 1 amide bonds. The van der Waals surface area contributed by atoms with Gasteiger partial charge in [0, 0.05) is 50.9 Å². The van der Waals surface area contributed by atoms with Crippen LogP contribution in [-0.4, -0.2) is 76.6 Å². The van der Waals surface area contributed by atoms with Crippen molar-refractivity contribution in [1.29, 1.82) is 0 Å². The van der Waals surface area contributed by atoms with Crippen molar-refractivity contribution in [3.8, 4) is 0 Å². The minimum atomic E-state index is -0.278. The van der Waals surface area contributed by atoms with Crippen LogP contribution in [-0.2, 0) is 6.54 Å². The van der Waals surface area contributed by atoms with E-state index in [-0.39, 0.29) is 24.1 Å². The van der Waals surface area contributed by atoms with Gasteiger partial charge in [-0.05, 0) is 24.6 Å². The van der Waals surface area contributed by atoms with E-state index in [2.05, 4.69) is 41.0 Å². The summed E-state index contributed by atoms with van der Waals surface area (Å²) in [7, 11) is 0. The van der Waals surface area contributed by atoms with Gasteiger partial charge < -0.3 is 10.0 Å². The Bertz CT molecular complexity index is 798. The smallest absolute Gasteiger partial charge is 0.253 e. The highest BCUT2D eigenvalue weighted by Gasteiger charge is 2.45. The van der Waals surface area contributed by atoms with Crippen LogP contribution in [0.25, 0.3) is 0 Å². The third-order valence-electron chi connectivity index (χ3n) is 6.11. The van der Waals surface area contributed by atoms with E-state index in [0.29, 0.717) is 13.1 Å². The summed E-state index contributed by atoms with van der Waals surface area (Å²) in [6.45, 7) is 7.10. The van der Waals surface area contributed by atoms with Crippen LogP contribution in [0.2, 0.25) is 0 Å². The first-order chi connectivity index (χ1) is 13.6. The Kier molecular flexibility index (Phi) is 5.49. The molecule has 2 aliphatic heterocycles. The van der Waals surface area contributed by atoms with E-state index in [4.69, 9.17) is 0 Å². The van der Waals surface area contributed by atoms with Crippen molar-refractivity contribution in [3.05, 3.63) is 71.8 Å². The van der Waals surface area contributed by atoms with Crippen molar-refractivity contribution in [3.63, 3.8) is 0 Å². The van der Waals surface area contributed by atoms with Crippen LogP contribution < -0.4 is 0 Å². The van der Waals surface area contributed by atoms with Gasteiger partial charge in [-0.1, -0.05) is 48.5 Å². The molecule has 148 valence electrons. The molecule has 2 aromatic carbocycles. The zero-order valence-electron chi connectivity index (χ0n) is 16.5. The van der Waals surface area contributed by atoms with E-state index < -0.39 is 0 Å². The topological polar surface area (TPSA) is 47.0 Å². The first-order valence-corrected chi connectivity index (χ1v) is 10.1. The number of hydrogen-bond acceptors (Lipinski definition) is 4. The first-order valence-electron chi connectivity index (χ1n) is 10.1. The number of piperazine rings is 2. The van der Waals surface area contributed by atoms with Crippen molar-refractivity contribution in [2.45, 2.75) is 25.0 Å². The molecule has 1 N–H and O–H groups in total. The molecule has 0 radical (unpaired) electrons. The molecule has 5 nitrogen and oxygen atoms in total. The molecule has 2 atom stereocenters. The largest absolute Gasteiger partial charge is 0.394 e. The minimum Gasteiger partial charge on any atom is -0.394 e. The molecule has 2 aliphatic rings. The van der Waals surface area contributed by atoms with Gasteiger partial charge in [0.15, 0.2) is 0 Å². The monoisotopic (exact) mass is 379 g/mol. The Morgan fingerprint density at radius 2 is 1.71 bits per heavy atom. The third kappa shape index (κ3) is 3.83. The average molecular weight is 380 g/mol. The van der Waals surface area contributed by atoms with E-state index in [9.17, 15) is 9.90 Å². The fourth-order valence-electron chi connectivity index (χ4n) is 4.71. The number of benzene rings is 2. The lowest BCUT2D eigenvalue weighted by Crippen LogP contribution is -2.71. The number of amides is 1. The van der Waals surface area contributed by atoms with Crippen LogP contribution in [0, 0.1) is 0 Å². The number of aliphatic hydroxyl groups excluding tert-OH is 1. The van der Waals surface area contributed by atoms with Gasteiger partial charge in [0.25, 0.3) is 5.91 Å². The predicted molar refractivity (Wildman–Crippen MR) is 110 cm³/mol. The highest BCUT2D eigenvalue weighted by atomic mass is 16.3. The average Bonchev–Trinajstić information content (AvgIpc) is 2.74. The van der Waals surface area contributed by atoms with E-state index in [1.54, 1.807) is 0 Å². The number of carbonyl (C=O) groups excluding carboxylic acids is 1. The van der Waals surface area contributed by atoms with Gasteiger partial charge in [0.2, 0.25) is 0 Å². The fourth-order valence-corrected chi connectivity index (χ4v) is 4.71. The first kappa shape index (κ1) is 19.1. The summed E-state index contributed by atoms with van der Waals surface area (Å²) >= 11 is 0. The SMILES string of the molecule is C[C@@]1(CO)CN(Cc2ccccc2)C[C@@H]2CN(C(=O)c3ccccc3)CCN21. The molecule has 4 rings (SSSR count). The lowest BCUT2D eigenvalue weighted by molar-refractivity contribution is -0.0889. The number of aliphatic hydroxyl groups is 1. The summed E-state index contributed by atoms with van der Waals surface area (Å²) < 4.78 is 0. The van der Waals surface area contributed by atoms with Gasteiger partial charge >= 0.3 is 0 Å². The van der Waals surface area contributed by atoms with Crippen molar-refractivity contribution in [2.75, 3.05) is 39.3 Å². The summed E-state index contributed by atoms with van der Waals surface area (Å²) in [4.78, 5) is 19.7. The van der Waals surface area contributed by atoms with Gasteiger partial charge in [-0.15, -0.1) is 0 Å². The summed E-state index contributed by atoms with van der Waals surface area (Å²) in [5.41, 5.74) is 1.75. The lowest BCUT2D eigenvalue weighted by Gasteiger charge is -2.56. The molecule has 0 unspecified atom stereocenters. The molecule has 0 spiro atoms. The quantitative estimate of drug-likeness (QED) is 0.884. The number of fused-ring (bicyclic) bond motifs is 1. The van der Waals surface area contributed by atoms with Crippen LogP contribution in [0.4, 0.5) is 0 Å². The predicted octanol–water partition coefficient (Wildman–Crippen LogP) is 2.08. The zero-order valence-corrected chi connectivity index (χ0v) is 16.5. The summed E-state index contributed by atoms with van der Waals surface area (Å²) in [5.74, 6) is 0.103. The molecule has 2 heterocycles. The number of hydrogen-bond donors (Lipinski definition) is 1. The maximum Gasteiger partial charge on any atom is 0.253 e. The second-order valence-electron chi connectivity index (χ2n) is 8.27. The highest BCUT2D eigenvalue weighted by molar-refractivity contribution is 5.94. The molecule has 0 aliphatic carbocycles. The standard InChI is InChI=1S/C23H29N3O2/c1-23(18-27)17-24(14-19-8-4-2-5-9-19)15-21-16-25(12-13-26(21)23)22(28)20-10-6-3-7-11-20/h2-11,21,27H,12-18H2,1H3/t21-,23+/m1/s1. The molecule has 0 bridgehead atoms. The zero-order chi connectivity index (χ0) is 19.6. The van der Waals surface area contributed by atoms with Crippen molar-refractivity contribution in [1.82, 2.24) is 14.7 Å². The summed E-state index contributed by atoms with van der Waals surface area (Å²) in [5, 5.41) is 10.2. The van der Waals surface area contributed by atoms with E-state index in [1.807, 2.05) is 41.3 Å². The van der Waals surface area contributed by atoms with Crippen LogP contribution in [0.1, 0.15) is 22.8 Å². The summed E-state index contributed by atoms with van der Waals surface area (Å²) in [6, 6.07) is 20.2. The maximum absolute atomic E-state index is 12.9. The molecule has 0 saturated carbocycles. The van der Waals surface area contributed by atoms with E-state index >= 15 is 0 Å². The van der Waals surface area contributed by atoms with Gasteiger partial charge in [-0.25, -0.2) is 0 Å². The summed E-state index contributed by atoms with van der Waals surface area (Å²) in [6.07, 6.45) is 0. The molecule has 2 aromatic rings. The van der Waals surface area contributed by atoms with Gasteiger partial charge in [-0.2, -0.15) is 0 Å². The van der Waals surface area contributed by atoms with Gasteiger partial charge in [-0.3, -0.25) is 14.6 Å². The third-order valence-corrected chi connectivity index (χ3v) is 6.11. The molecular formula is C23H29N3O2. The van der Waals surface area contributed by atoms with Crippen LogP contribution in [0.15, 0.2) is 60.7 Å². The van der Waals surface area contributed by atoms with E-state index in [0.717, 1.165) is 31.7 Å². The van der Waals surface area contributed by atoms with E-state index in [1.165, 1.54) is 5.56 Å². The Morgan fingerprint density at radius 3 is 2.39 bits per heavy atom. The molecule has 5 heteroatoms. The maximum atomic E-state index is 12.9. The molecule has 0 aromatic heterocycles. The number of rotatable bonds is 4. The Balaban J connectivity index is 1.50. The molecule has 28 heavy (non-hydrogen) atoms. The second-order valence-corrected chi connectivity index (χ2v) is 8.27. The lowest BCUT2D eigenvalue weighted by atomic mass is 9.91. The number of nitrogens with zero attached hydrogens (tertiary/aromatic N) is 3. The van der Waals surface area contributed by atoms with Gasteiger partial charge in [0.1, 0.15) is 0 Å². The Morgan fingerprint density at radius 1 is 1.04 bits per heavy atom. The Hall–Kier alpha value is -2.21. The van der Waals surface area contributed by atoms with Gasteiger partial charge in [0.05, 0.1) is 12.1 Å². The highest BCUT2D eigenvalue weighted by Crippen LogP contribution is 2.29. The molecule has 2 saturated heterocycles. The number of carbonyl (C=O) groups is 1. The Labute approximate surface area is 167 Å². The normalized spacial score (nSPS) is 26.1. The molecular weight excluding hydrogens is 350 g/mol. The van der Waals surface area contributed by atoms with Crippen molar-refractivity contribution >= 4 is 5.91 Å². The minimum absolute atomic E-state index is 0.103. The molecule has 2 fully saturated rings. The van der Waals surface area contributed by atoms with Crippen molar-refractivity contribution < 1.29 is 9.90 Å². The van der Waals surface area contributed by atoms with Crippen molar-refractivity contribution in [2.24, 2.45) is 0 Å². The van der Waals surface area contributed by atoms with Crippen LogP contribution in [0.3, 0.4) is 0 Å². The van der Waals surface area contributed by atoms with Crippen LogP contribution in [0.5, 0.6) is 0 Å². The fraction of sp³-hybridized carbons (Fsp3) is 0.435.